The van der Waals surface area contributed by atoms with Gasteiger partial charge in [0.05, 0.1) is 13.0 Å². The molecule has 86 valence electrons. The molecule has 1 atom stereocenters. The predicted octanol–water partition coefficient (Wildman–Crippen LogP) is 1.51. The van der Waals surface area contributed by atoms with Gasteiger partial charge in [-0.05, 0) is 13.3 Å². The molecule has 4 nitrogen and oxygen atoms in total. The van der Waals surface area contributed by atoms with Crippen molar-refractivity contribution in [1.82, 2.24) is 0 Å². The fourth-order valence-electron chi connectivity index (χ4n) is 1.03. The van der Waals surface area contributed by atoms with Crippen LogP contribution < -0.4 is 0 Å². The van der Waals surface area contributed by atoms with Crippen molar-refractivity contribution < 1.29 is 19.1 Å². The summed E-state index contributed by atoms with van der Waals surface area (Å²) in [5.41, 5.74) is 0. The average molecular weight is 214 g/mol. The molecule has 0 amide bonds. The largest absolute Gasteiger partial charge is 0.466 e. The van der Waals surface area contributed by atoms with Crippen LogP contribution in [0.15, 0.2) is 0 Å². The maximum absolute atomic E-state index is 11.3. The van der Waals surface area contributed by atoms with Crippen molar-refractivity contribution in [3.8, 4) is 0 Å². The maximum atomic E-state index is 11.3. The summed E-state index contributed by atoms with van der Waals surface area (Å²) >= 11 is 0. The molecule has 0 saturated carbocycles. The fraction of sp³-hybridized carbons (Fsp3) is 0.727. The molecule has 0 fully saturated rings. The molecule has 0 aromatic carbocycles. The van der Waals surface area contributed by atoms with E-state index in [-0.39, 0.29) is 24.5 Å². The van der Waals surface area contributed by atoms with Gasteiger partial charge in [0.1, 0.15) is 0 Å². The van der Waals surface area contributed by atoms with E-state index in [2.05, 4.69) is 4.74 Å². The number of rotatable bonds is 7. The van der Waals surface area contributed by atoms with Crippen LogP contribution in [0, 0.1) is 5.92 Å². The van der Waals surface area contributed by atoms with Gasteiger partial charge in [-0.3, -0.25) is 14.4 Å². The van der Waals surface area contributed by atoms with Gasteiger partial charge in [0.2, 0.25) is 5.78 Å². The first-order chi connectivity index (χ1) is 7.02. The third kappa shape index (κ3) is 5.30. The molecule has 0 aliphatic rings. The summed E-state index contributed by atoms with van der Waals surface area (Å²) < 4.78 is 4.66. The number of ether oxygens (including phenoxy) is 1. The van der Waals surface area contributed by atoms with Crippen molar-refractivity contribution >= 4 is 17.5 Å². The first-order valence-corrected chi connectivity index (χ1v) is 5.25. The quantitative estimate of drug-likeness (QED) is 0.476. The first kappa shape index (κ1) is 13.8. The lowest BCUT2D eigenvalue weighted by atomic mass is 9.98. The molecular formula is C11H18O4. The van der Waals surface area contributed by atoms with Crippen molar-refractivity contribution in [2.24, 2.45) is 5.92 Å². The van der Waals surface area contributed by atoms with E-state index in [1.807, 2.05) is 6.92 Å². The minimum absolute atomic E-state index is 0.00511. The lowest BCUT2D eigenvalue weighted by Gasteiger charge is -2.05. The molecule has 0 aromatic rings. The van der Waals surface area contributed by atoms with E-state index < -0.39 is 11.8 Å². The van der Waals surface area contributed by atoms with Gasteiger partial charge in [-0.15, -0.1) is 0 Å². The zero-order valence-electron chi connectivity index (χ0n) is 9.54. The smallest absolute Gasteiger partial charge is 0.306 e. The van der Waals surface area contributed by atoms with Gasteiger partial charge in [0, 0.05) is 12.3 Å². The van der Waals surface area contributed by atoms with Gasteiger partial charge < -0.3 is 4.74 Å². The van der Waals surface area contributed by atoms with Crippen LogP contribution >= 0.6 is 0 Å². The molecule has 0 rings (SSSR count). The van der Waals surface area contributed by atoms with Crippen molar-refractivity contribution in [3.63, 3.8) is 0 Å². The average Bonchev–Trinajstić information content (AvgIpc) is 2.24. The fourth-order valence-corrected chi connectivity index (χ4v) is 1.03. The van der Waals surface area contributed by atoms with Crippen LogP contribution in [-0.4, -0.2) is 24.1 Å². The Balaban J connectivity index is 3.93. The molecule has 0 saturated heterocycles. The van der Waals surface area contributed by atoms with Gasteiger partial charge in [-0.2, -0.15) is 0 Å². The Morgan fingerprint density at radius 3 is 2.20 bits per heavy atom. The van der Waals surface area contributed by atoms with Gasteiger partial charge in [0.15, 0.2) is 5.78 Å². The highest BCUT2D eigenvalue weighted by molar-refractivity contribution is 6.38. The number of carbonyl (C=O) groups excluding carboxylic acids is 3. The second-order valence-corrected chi connectivity index (χ2v) is 3.40. The molecule has 0 spiro atoms. The Morgan fingerprint density at radius 2 is 1.73 bits per heavy atom. The minimum Gasteiger partial charge on any atom is -0.466 e. The van der Waals surface area contributed by atoms with E-state index in [1.165, 1.54) is 0 Å². The minimum atomic E-state index is -0.475. The van der Waals surface area contributed by atoms with Crippen LogP contribution in [0.2, 0.25) is 0 Å². The summed E-state index contributed by atoms with van der Waals surface area (Å²) in [5.74, 6) is -1.54. The SMILES string of the molecule is CCOC(=O)CCC(=O)C(=O)C(C)CC. The zero-order valence-corrected chi connectivity index (χ0v) is 9.54. The standard InChI is InChI=1S/C11H18O4/c1-4-8(3)11(14)9(12)6-7-10(13)15-5-2/h8H,4-7H2,1-3H3. The predicted molar refractivity (Wildman–Crippen MR) is 55.3 cm³/mol. The van der Waals surface area contributed by atoms with E-state index in [0.29, 0.717) is 13.0 Å². The van der Waals surface area contributed by atoms with E-state index >= 15 is 0 Å². The lowest BCUT2D eigenvalue weighted by molar-refractivity contribution is -0.145. The molecule has 0 heterocycles. The molecular weight excluding hydrogens is 196 g/mol. The Kier molecular flexibility index (Phi) is 6.58. The number of hydrogen-bond acceptors (Lipinski definition) is 4. The molecule has 0 aliphatic carbocycles. The highest BCUT2D eigenvalue weighted by Gasteiger charge is 2.20. The van der Waals surface area contributed by atoms with E-state index in [9.17, 15) is 14.4 Å². The lowest BCUT2D eigenvalue weighted by Crippen LogP contribution is -2.22. The van der Waals surface area contributed by atoms with E-state index in [1.54, 1.807) is 13.8 Å². The molecule has 0 N–H and O–H groups in total. The Labute approximate surface area is 90.0 Å². The molecule has 15 heavy (non-hydrogen) atoms. The van der Waals surface area contributed by atoms with Crippen LogP contribution in [0.4, 0.5) is 0 Å². The van der Waals surface area contributed by atoms with Gasteiger partial charge in [-0.1, -0.05) is 13.8 Å². The summed E-state index contributed by atoms with van der Waals surface area (Å²) in [6, 6.07) is 0. The summed E-state index contributed by atoms with van der Waals surface area (Å²) in [4.78, 5) is 33.6. The summed E-state index contributed by atoms with van der Waals surface area (Å²) in [5, 5.41) is 0. The molecule has 0 bridgehead atoms. The highest BCUT2D eigenvalue weighted by Crippen LogP contribution is 2.06. The van der Waals surface area contributed by atoms with E-state index in [0.717, 1.165) is 0 Å². The maximum Gasteiger partial charge on any atom is 0.306 e. The highest BCUT2D eigenvalue weighted by atomic mass is 16.5. The van der Waals surface area contributed by atoms with Gasteiger partial charge in [0.25, 0.3) is 0 Å². The second-order valence-electron chi connectivity index (χ2n) is 3.40. The third-order valence-corrected chi connectivity index (χ3v) is 2.20. The number of Topliss-reactive ketones (excluding diaryl/α,β-unsaturated/α-hetero) is 2. The number of hydrogen-bond donors (Lipinski definition) is 0. The Bertz CT molecular complexity index is 245. The summed E-state index contributed by atoms with van der Waals surface area (Å²) in [7, 11) is 0. The van der Waals surface area contributed by atoms with Crippen LogP contribution in [0.3, 0.4) is 0 Å². The molecule has 1 unspecified atom stereocenters. The Hall–Kier alpha value is -1.19. The molecule has 0 radical (unpaired) electrons. The number of esters is 1. The van der Waals surface area contributed by atoms with Crippen molar-refractivity contribution in [3.05, 3.63) is 0 Å². The molecule has 0 aromatic heterocycles. The molecule has 4 heteroatoms. The van der Waals surface area contributed by atoms with Gasteiger partial charge >= 0.3 is 5.97 Å². The van der Waals surface area contributed by atoms with E-state index in [4.69, 9.17) is 0 Å². The van der Waals surface area contributed by atoms with Crippen LogP contribution in [0.25, 0.3) is 0 Å². The van der Waals surface area contributed by atoms with Crippen LogP contribution in [-0.2, 0) is 19.1 Å². The molecule has 0 aliphatic heterocycles. The van der Waals surface area contributed by atoms with Crippen LogP contribution in [0.5, 0.6) is 0 Å². The normalized spacial score (nSPS) is 11.9. The number of carbonyl (C=O) groups is 3. The summed E-state index contributed by atoms with van der Waals surface area (Å²) in [6.45, 7) is 5.56. The summed E-state index contributed by atoms with van der Waals surface area (Å²) in [6.07, 6.45) is 0.598. The van der Waals surface area contributed by atoms with Gasteiger partial charge in [-0.25, -0.2) is 0 Å². The Morgan fingerprint density at radius 1 is 1.13 bits per heavy atom. The monoisotopic (exact) mass is 214 g/mol. The van der Waals surface area contributed by atoms with Crippen molar-refractivity contribution in [2.45, 2.75) is 40.0 Å². The van der Waals surface area contributed by atoms with Crippen LogP contribution in [0.1, 0.15) is 40.0 Å². The first-order valence-electron chi connectivity index (χ1n) is 5.25. The van der Waals surface area contributed by atoms with Crippen molar-refractivity contribution in [2.75, 3.05) is 6.61 Å². The third-order valence-electron chi connectivity index (χ3n) is 2.20. The number of ketones is 2. The zero-order chi connectivity index (χ0) is 11.8. The topological polar surface area (TPSA) is 60.4 Å². The second kappa shape index (κ2) is 7.15. The van der Waals surface area contributed by atoms with Crippen molar-refractivity contribution in [1.29, 1.82) is 0 Å².